The predicted molar refractivity (Wildman–Crippen MR) is 339 cm³/mol. The highest BCUT2D eigenvalue weighted by atomic mass is 35.5. The van der Waals surface area contributed by atoms with E-state index >= 15 is 0 Å². The van der Waals surface area contributed by atoms with Crippen LogP contribution in [0, 0.1) is 22.7 Å². The number of alkyl halides is 2. The number of amides is 3. The Hall–Kier alpha value is -6.40. The number of benzene rings is 4. The van der Waals surface area contributed by atoms with Crippen LogP contribution in [0.1, 0.15) is 83.1 Å². The van der Waals surface area contributed by atoms with Crippen molar-refractivity contribution >= 4 is 137 Å². The number of aliphatic hydroxyl groups excluding tert-OH is 2. The molecule has 0 saturated carbocycles. The number of carbonyl (C=O) groups is 4. The number of carbonyl (C=O) groups excluding carboxylic acids is 3. The Morgan fingerprint density at radius 1 is 0.674 bits per heavy atom. The number of aromatic nitrogens is 4. The maximum Gasteiger partial charge on any atom is 0.322 e. The molecule has 4 aliphatic heterocycles. The van der Waals surface area contributed by atoms with Gasteiger partial charge in [-0.15, -0.1) is 23.2 Å². The molecule has 10 rings (SSSR count). The summed E-state index contributed by atoms with van der Waals surface area (Å²) in [5.41, 5.74) is 4.84. The number of aliphatic hydroxyl groups is 2. The molecule has 2 saturated heterocycles. The minimum atomic E-state index is -4.36. The van der Waals surface area contributed by atoms with Crippen LogP contribution in [0.25, 0.3) is 0 Å². The quantitative estimate of drug-likeness (QED) is 0.0600. The van der Waals surface area contributed by atoms with E-state index in [0.717, 1.165) is 14.8 Å². The van der Waals surface area contributed by atoms with E-state index in [0.29, 0.717) is 59.4 Å². The standard InChI is InChI=1S/C28H28Cl2N6O5S.C25H21Cl2N5O5S.C3H9NO.CH2Cl2.CH4/c1-17(37)15-32-25(38)23-4-3-9-34(23)42(40,41)24-16-33-27-35(22-11-20(29)10-21(30)12-22)26(39)28(2,36(24)27)13-18-5-7-19(14-31)8-6-18;1-25(12-15-4-6-16(13-28)7-5-15)23(35)31(19-10-17(26)9-18(27)11-19)24-29-14-21(32(24)25)38(36,37)30-8-2-3-20(30)22(33)34;1-3(5)2-4;2-1-3;/h5-8,10-12,16-17,23,37H,3-4,9,13,15H2,1-2H3,(H,32,38);4-7,9-11,14,20H,2-3,8,12H2,1H3,(H,33,34);3,5H,2,4H2,1H3;1H2;1H4/t17-,23-,28+;20-,25+;3-;;/m000../s1. The number of carboxylic acids is 1. The van der Waals surface area contributed by atoms with Crippen LogP contribution in [0.3, 0.4) is 0 Å². The molecule has 0 bridgehead atoms. The molecule has 6 aromatic rings. The van der Waals surface area contributed by atoms with Gasteiger partial charge in [-0.25, -0.2) is 36.6 Å². The topological polar surface area (TPSA) is 331 Å². The minimum absolute atomic E-state index is 0. The zero-order chi connectivity index (χ0) is 64.8. The van der Waals surface area contributed by atoms with Crippen molar-refractivity contribution in [3.63, 3.8) is 0 Å². The van der Waals surface area contributed by atoms with E-state index in [1.165, 1.54) is 68.5 Å². The van der Waals surface area contributed by atoms with Crippen LogP contribution >= 0.6 is 69.6 Å². The number of nitrogens with one attached hydrogen (secondary N) is 1. The summed E-state index contributed by atoms with van der Waals surface area (Å²) in [6, 6.07) is 24.3. The lowest BCUT2D eigenvalue weighted by Crippen LogP contribution is -2.48. The van der Waals surface area contributed by atoms with Crippen molar-refractivity contribution in [2.75, 3.05) is 41.3 Å². The summed E-state index contributed by atoms with van der Waals surface area (Å²) in [6.45, 7) is 6.88. The second kappa shape index (κ2) is 29.7. The second-order valence-corrected chi connectivity index (χ2v) is 27.4. The van der Waals surface area contributed by atoms with Gasteiger partial charge in [0.05, 0.1) is 64.6 Å². The predicted octanol–water partition coefficient (Wildman–Crippen LogP) is 8.67. The number of carboxylic acid groups (broad SMARTS) is 1. The third kappa shape index (κ3) is 15.2. The summed E-state index contributed by atoms with van der Waals surface area (Å²) in [5.74, 6) is -2.59. The molecule has 6 N–H and O–H groups in total. The van der Waals surface area contributed by atoms with E-state index < -0.39 is 73.0 Å². The van der Waals surface area contributed by atoms with Gasteiger partial charge in [0.15, 0.2) is 10.1 Å². The maximum atomic E-state index is 14.2. The molecule has 0 unspecified atom stereocenters. The van der Waals surface area contributed by atoms with Crippen LogP contribution in [0.15, 0.2) is 107 Å². The fraction of sp³-hybridized carbons (Fsp3) is 0.379. The summed E-state index contributed by atoms with van der Waals surface area (Å²) in [6.07, 6.45) is 2.69. The Morgan fingerprint density at radius 3 is 1.35 bits per heavy atom. The molecular formula is C58H64Cl6N12O11S2. The van der Waals surface area contributed by atoms with Gasteiger partial charge in [-0.05, 0) is 125 Å². The molecule has 6 atom stereocenters. The Labute approximate surface area is 545 Å². The average Bonchev–Trinajstić information content (AvgIpc) is 1.56. The molecule has 3 amide bonds. The summed E-state index contributed by atoms with van der Waals surface area (Å²) < 4.78 is 60.9. The number of hydrogen-bond acceptors (Lipinski definition) is 15. The van der Waals surface area contributed by atoms with Gasteiger partial charge in [0.25, 0.3) is 31.9 Å². The van der Waals surface area contributed by atoms with Crippen LogP contribution in [-0.4, -0.2) is 139 Å². The number of nitrogens with zero attached hydrogens (tertiary/aromatic N) is 10. The smallest absolute Gasteiger partial charge is 0.322 e. The van der Waals surface area contributed by atoms with Crippen molar-refractivity contribution in [3.8, 4) is 12.1 Å². The molecule has 4 aliphatic rings. The summed E-state index contributed by atoms with van der Waals surface area (Å²) in [4.78, 5) is 64.3. The first kappa shape index (κ1) is 71.7. The van der Waals surface area contributed by atoms with Gasteiger partial charge < -0.3 is 26.4 Å². The highest BCUT2D eigenvalue weighted by molar-refractivity contribution is 7.89. The number of aliphatic carboxylic acids is 1. The first-order valence-electron chi connectivity index (χ1n) is 27.0. The Morgan fingerprint density at radius 2 is 1.02 bits per heavy atom. The van der Waals surface area contributed by atoms with E-state index in [9.17, 15) is 51.5 Å². The first-order chi connectivity index (χ1) is 41.5. The molecule has 0 radical (unpaired) electrons. The summed E-state index contributed by atoms with van der Waals surface area (Å²) in [7, 11) is -8.69. The fourth-order valence-corrected chi connectivity index (χ4v) is 15.3. The average molecular weight is 1380 g/mol. The molecule has 23 nitrogen and oxygen atoms in total. The maximum absolute atomic E-state index is 14.2. The highest BCUT2D eigenvalue weighted by Crippen LogP contribution is 2.47. The lowest BCUT2D eigenvalue weighted by molar-refractivity contribution is -0.140. The van der Waals surface area contributed by atoms with Crippen LogP contribution in [0.5, 0.6) is 0 Å². The number of hydrogen-bond donors (Lipinski definition) is 5. The number of nitrogens with two attached hydrogens (primary N) is 1. The number of rotatable bonds is 15. The van der Waals surface area contributed by atoms with Gasteiger partial charge in [0.2, 0.25) is 17.8 Å². The van der Waals surface area contributed by atoms with Crippen LogP contribution in [0.4, 0.5) is 23.3 Å². The second-order valence-electron chi connectivity index (χ2n) is 21.2. The molecule has 4 aromatic carbocycles. The normalized spacial score (nSPS) is 20.3. The summed E-state index contributed by atoms with van der Waals surface area (Å²) in [5, 5.41) is 49.2. The van der Waals surface area contributed by atoms with E-state index in [1.807, 2.05) is 6.07 Å². The number of fused-ring (bicyclic) bond motifs is 2. The number of anilines is 4. The largest absolute Gasteiger partial charge is 0.480 e. The monoisotopic (exact) mass is 1380 g/mol. The molecule has 0 aliphatic carbocycles. The van der Waals surface area contributed by atoms with Gasteiger partial charge in [-0.2, -0.15) is 19.1 Å². The molecule has 0 spiro atoms. The lowest BCUT2D eigenvalue weighted by Gasteiger charge is -2.29. The lowest BCUT2D eigenvalue weighted by atomic mass is 9.91. The van der Waals surface area contributed by atoms with Crippen molar-refractivity contribution < 1.29 is 51.3 Å². The van der Waals surface area contributed by atoms with Gasteiger partial charge in [0, 0.05) is 59.1 Å². The van der Waals surface area contributed by atoms with E-state index in [2.05, 4.69) is 21.4 Å². The van der Waals surface area contributed by atoms with Gasteiger partial charge >= 0.3 is 5.97 Å². The van der Waals surface area contributed by atoms with Crippen molar-refractivity contribution in [2.24, 2.45) is 5.73 Å². The van der Waals surface area contributed by atoms with Crippen LogP contribution in [0.2, 0.25) is 20.1 Å². The molecule has 31 heteroatoms. The number of nitriles is 2. The molecule has 6 heterocycles. The molecule has 476 valence electrons. The van der Waals surface area contributed by atoms with E-state index in [-0.39, 0.29) is 99.8 Å². The molecule has 2 fully saturated rings. The highest BCUT2D eigenvalue weighted by Gasteiger charge is 2.55. The zero-order valence-electron chi connectivity index (χ0n) is 47.6. The fourth-order valence-electron chi connectivity index (χ4n) is 10.6. The van der Waals surface area contributed by atoms with E-state index in [4.69, 9.17) is 85.7 Å². The minimum Gasteiger partial charge on any atom is -0.480 e. The van der Waals surface area contributed by atoms with E-state index in [1.54, 1.807) is 69.3 Å². The molecule has 89 heavy (non-hydrogen) atoms. The number of imidazole rings is 2. The van der Waals surface area contributed by atoms with Crippen LogP contribution in [-0.2, 0) is 63.1 Å². The van der Waals surface area contributed by atoms with Crippen molar-refractivity contribution in [1.29, 1.82) is 10.5 Å². The van der Waals surface area contributed by atoms with Crippen molar-refractivity contribution in [2.45, 2.75) is 119 Å². The molecule has 2 aromatic heterocycles. The molecular weight excluding hydrogens is 1320 g/mol. The Bertz CT molecular complexity index is 3880. The zero-order valence-corrected chi connectivity index (χ0v) is 53.7. The Kier molecular flexibility index (Phi) is 23.9. The third-order valence-corrected chi connectivity index (χ3v) is 19.3. The number of sulfonamides is 2. The van der Waals surface area contributed by atoms with Crippen molar-refractivity contribution in [3.05, 3.63) is 140 Å². The number of halogens is 6. The third-order valence-electron chi connectivity index (χ3n) is 14.7. The SMILES string of the molecule is C.C[C@@]1(Cc2ccc(C#N)cc2)C(=O)N(c2cc(Cl)cc(Cl)c2)c2ncc(S(=O)(=O)N3CCC[C@H]3C(=O)O)n21.C[C@H](O)CN.C[C@H](O)CNC(=O)[C@@H]1CCCN1S(=O)(=O)c1cnc2n1[C@](C)(Cc1ccc(C#N)cc1)C(=O)N2c1cc(Cl)cc(Cl)c1.ClCCl. The van der Waals surface area contributed by atoms with Crippen molar-refractivity contribution in [1.82, 2.24) is 33.0 Å². The summed E-state index contributed by atoms with van der Waals surface area (Å²) >= 11 is 34.5. The first-order valence-corrected chi connectivity index (χ1v) is 32.5. The van der Waals surface area contributed by atoms with Crippen LogP contribution < -0.4 is 20.9 Å². The Balaban J connectivity index is 0.000000252. The van der Waals surface area contributed by atoms with Gasteiger partial charge in [-0.1, -0.05) is 78.1 Å². The van der Waals surface area contributed by atoms with Gasteiger partial charge in [-0.3, -0.25) is 28.3 Å². The van der Waals surface area contributed by atoms with Gasteiger partial charge in [0.1, 0.15) is 23.2 Å².